The number of thiazole rings is 1. The van der Waals surface area contributed by atoms with E-state index in [-0.39, 0.29) is 11.9 Å². The van der Waals surface area contributed by atoms with Crippen molar-refractivity contribution in [3.8, 4) is 0 Å². The molecule has 1 amide bonds. The Labute approximate surface area is 129 Å². The van der Waals surface area contributed by atoms with Crippen LogP contribution in [0.4, 0.5) is 5.13 Å². The van der Waals surface area contributed by atoms with E-state index in [4.69, 9.17) is 5.73 Å². The Morgan fingerprint density at radius 3 is 2.67 bits per heavy atom. The number of amides is 1. The van der Waals surface area contributed by atoms with E-state index >= 15 is 0 Å². The maximum atomic E-state index is 12.4. The number of aromatic nitrogens is 1. The first-order valence-electron chi connectivity index (χ1n) is 7.94. The normalized spacial score (nSPS) is 27.6. The van der Waals surface area contributed by atoms with Gasteiger partial charge in [0.15, 0.2) is 5.13 Å². The lowest BCUT2D eigenvalue weighted by Crippen LogP contribution is -2.48. The van der Waals surface area contributed by atoms with Crippen molar-refractivity contribution in [2.45, 2.75) is 50.6 Å². The third-order valence-electron chi connectivity index (χ3n) is 4.74. The van der Waals surface area contributed by atoms with Crippen molar-refractivity contribution in [1.82, 2.24) is 9.88 Å². The van der Waals surface area contributed by atoms with Crippen LogP contribution in [0.5, 0.6) is 0 Å². The van der Waals surface area contributed by atoms with Crippen molar-refractivity contribution in [2.75, 3.05) is 18.4 Å². The van der Waals surface area contributed by atoms with Crippen LogP contribution in [0.2, 0.25) is 0 Å². The van der Waals surface area contributed by atoms with Crippen LogP contribution in [0.3, 0.4) is 0 Å². The quantitative estimate of drug-likeness (QED) is 0.893. The zero-order valence-corrected chi connectivity index (χ0v) is 13.1. The van der Waals surface area contributed by atoms with Crippen molar-refractivity contribution in [2.24, 2.45) is 11.7 Å². The Kier molecular flexibility index (Phi) is 4.75. The number of hydrogen-bond donors (Lipinski definition) is 2. The SMILES string of the molecule is NC(C(=O)N1CCCC1)C1CCC(Nc2nccs2)CC1. The van der Waals surface area contributed by atoms with Crippen LogP contribution in [0, 0.1) is 5.92 Å². The molecule has 1 aromatic heterocycles. The Bertz CT molecular complexity index is 450. The summed E-state index contributed by atoms with van der Waals surface area (Å²) in [4.78, 5) is 18.6. The number of nitrogens with one attached hydrogen (secondary N) is 1. The molecule has 1 aromatic rings. The zero-order chi connectivity index (χ0) is 14.7. The summed E-state index contributed by atoms with van der Waals surface area (Å²) < 4.78 is 0. The highest BCUT2D eigenvalue weighted by Crippen LogP contribution is 2.29. The monoisotopic (exact) mass is 308 g/mol. The first-order chi connectivity index (χ1) is 10.2. The van der Waals surface area contributed by atoms with E-state index < -0.39 is 0 Å². The van der Waals surface area contributed by atoms with E-state index in [9.17, 15) is 4.79 Å². The van der Waals surface area contributed by atoms with E-state index in [0.29, 0.717) is 12.0 Å². The third-order valence-corrected chi connectivity index (χ3v) is 5.45. The predicted octanol–water partition coefficient (Wildman–Crippen LogP) is 2.06. The van der Waals surface area contributed by atoms with Gasteiger partial charge < -0.3 is 16.0 Å². The summed E-state index contributed by atoms with van der Waals surface area (Å²) in [5.41, 5.74) is 6.23. The molecule has 6 heteroatoms. The molecule has 1 aliphatic heterocycles. The summed E-state index contributed by atoms with van der Waals surface area (Å²) in [6.07, 6.45) is 8.29. The van der Waals surface area contributed by atoms with Crippen molar-refractivity contribution >= 4 is 22.4 Å². The van der Waals surface area contributed by atoms with Gasteiger partial charge in [-0.25, -0.2) is 4.98 Å². The third kappa shape index (κ3) is 3.55. The predicted molar refractivity (Wildman–Crippen MR) is 85.3 cm³/mol. The minimum atomic E-state index is -0.302. The maximum absolute atomic E-state index is 12.4. The molecule has 5 nitrogen and oxygen atoms in total. The second-order valence-corrected chi connectivity index (χ2v) is 7.05. The molecule has 116 valence electrons. The van der Waals surface area contributed by atoms with E-state index in [1.54, 1.807) is 11.3 Å². The van der Waals surface area contributed by atoms with Crippen molar-refractivity contribution < 1.29 is 4.79 Å². The van der Waals surface area contributed by atoms with Crippen molar-refractivity contribution in [3.63, 3.8) is 0 Å². The zero-order valence-electron chi connectivity index (χ0n) is 12.3. The standard InChI is InChI=1S/C15H24N4OS/c16-13(14(20)19-8-1-2-9-19)11-3-5-12(6-4-11)18-15-17-7-10-21-15/h7,10-13H,1-6,8-9,16H2,(H,17,18). The number of rotatable bonds is 4. The van der Waals surface area contributed by atoms with Gasteiger partial charge >= 0.3 is 0 Å². The summed E-state index contributed by atoms with van der Waals surface area (Å²) in [5, 5.41) is 6.46. The van der Waals surface area contributed by atoms with Gasteiger partial charge in [0.1, 0.15) is 0 Å². The van der Waals surface area contributed by atoms with Gasteiger partial charge in [0.25, 0.3) is 0 Å². The van der Waals surface area contributed by atoms with Crippen LogP contribution in [0.1, 0.15) is 38.5 Å². The Morgan fingerprint density at radius 1 is 1.33 bits per heavy atom. The van der Waals surface area contributed by atoms with Crippen LogP contribution in [-0.2, 0) is 4.79 Å². The molecule has 1 aliphatic carbocycles. The van der Waals surface area contributed by atoms with E-state index in [1.807, 2.05) is 16.5 Å². The lowest BCUT2D eigenvalue weighted by molar-refractivity contribution is -0.133. The van der Waals surface area contributed by atoms with Crippen LogP contribution in [-0.4, -0.2) is 41.0 Å². The molecule has 3 N–H and O–H groups in total. The largest absolute Gasteiger partial charge is 0.359 e. The number of nitrogens with two attached hydrogens (primary N) is 1. The molecule has 0 bridgehead atoms. The Morgan fingerprint density at radius 2 is 2.05 bits per heavy atom. The summed E-state index contributed by atoms with van der Waals surface area (Å²) in [6, 6.07) is 0.172. The average molecular weight is 308 g/mol. The first kappa shape index (κ1) is 14.8. The van der Waals surface area contributed by atoms with Gasteiger partial charge in [0.05, 0.1) is 6.04 Å². The van der Waals surface area contributed by atoms with Gasteiger partial charge in [0, 0.05) is 30.7 Å². The molecule has 3 rings (SSSR count). The second-order valence-electron chi connectivity index (χ2n) is 6.15. The number of hydrogen-bond acceptors (Lipinski definition) is 5. The van der Waals surface area contributed by atoms with E-state index in [1.165, 1.54) is 0 Å². The number of carbonyl (C=O) groups is 1. The van der Waals surface area contributed by atoms with Crippen LogP contribution >= 0.6 is 11.3 Å². The van der Waals surface area contributed by atoms with Crippen molar-refractivity contribution in [3.05, 3.63) is 11.6 Å². The molecule has 1 unspecified atom stereocenters. The smallest absolute Gasteiger partial charge is 0.239 e. The fourth-order valence-electron chi connectivity index (χ4n) is 3.44. The van der Waals surface area contributed by atoms with Crippen LogP contribution < -0.4 is 11.1 Å². The number of anilines is 1. The van der Waals surface area contributed by atoms with Gasteiger partial charge in [-0.3, -0.25) is 4.79 Å². The van der Waals surface area contributed by atoms with E-state index in [2.05, 4.69) is 10.3 Å². The fraction of sp³-hybridized carbons (Fsp3) is 0.733. The minimum Gasteiger partial charge on any atom is -0.359 e. The molecular weight excluding hydrogens is 284 g/mol. The number of carbonyl (C=O) groups excluding carboxylic acids is 1. The van der Waals surface area contributed by atoms with Crippen LogP contribution in [0.15, 0.2) is 11.6 Å². The molecule has 0 radical (unpaired) electrons. The molecular formula is C15H24N4OS. The number of nitrogens with zero attached hydrogens (tertiary/aromatic N) is 2. The molecule has 0 aromatic carbocycles. The van der Waals surface area contributed by atoms with Gasteiger partial charge in [0.2, 0.25) is 5.91 Å². The molecule has 1 atom stereocenters. The maximum Gasteiger partial charge on any atom is 0.239 e. The topological polar surface area (TPSA) is 71.2 Å². The second kappa shape index (κ2) is 6.75. The van der Waals surface area contributed by atoms with Gasteiger partial charge in [-0.2, -0.15) is 0 Å². The summed E-state index contributed by atoms with van der Waals surface area (Å²) in [5.74, 6) is 0.510. The number of likely N-dealkylation sites (tertiary alicyclic amines) is 1. The van der Waals surface area contributed by atoms with Gasteiger partial charge in [-0.15, -0.1) is 11.3 Å². The molecule has 2 fully saturated rings. The van der Waals surface area contributed by atoms with E-state index in [0.717, 1.165) is 56.7 Å². The molecule has 2 heterocycles. The van der Waals surface area contributed by atoms with Crippen molar-refractivity contribution in [1.29, 1.82) is 0 Å². The first-order valence-corrected chi connectivity index (χ1v) is 8.82. The lowest BCUT2D eigenvalue weighted by atomic mass is 9.81. The van der Waals surface area contributed by atoms with Crippen LogP contribution in [0.25, 0.3) is 0 Å². The summed E-state index contributed by atoms with van der Waals surface area (Å²) in [7, 11) is 0. The Hall–Kier alpha value is -1.14. The molecule has 1 saturated heterocycles. The summed E-state index contributed by atoms with van der Waals surface area (Å²) >= 11 is 1.64. The summed E-state index contributed by atoms with van der Waals surface area (Å²) in [6.45, 7) is 1.79. The molecule has 1 saturated carbocycles. The lowest BCUT2D eigenvalue weighted by Gasteiger charge is -2.33. The Balaban J connectivity index is 1.47. The minimum absolute atomic E-state index is 0.170. The molecule has 0 spiro atoms. The highest BCUT2D eigenvalue weighted by Gasteiger charge is 2.32. The fourth-order valence-corrected chi connectivity index (χ4v) is 4.05. The highest BCUT2D eigenvalue weighted by atomic mass is 32.1. The molecule has 2 aliphatic rings. The highest BCUT2D eigenvalue weighted by molar-refractivity contribution is 7.13. The molecule has 21 heavy (non-hydrogen) atoms. The average Bonchev–Trinajstić information content (AvgIpc) is 3.20. The van der Waals surface area contributed by atoms with Gasteiger partial charge in [-0.05, 0) is 44.4 Å². The van der Waals surface area contributed by atoms with Gasteiger partial charge in [-0.1, -0.05) is 0 Å².